The minimum atomic E-state index is 0.539. The number of ether oxygens (including phenoxy) is 1. The van der Waals surface area contributed by atoms with Gasteiger partial charge in [0, 0.05) is 17.9 Å². The molecule has 110 valence electrons. The Hall–Kier alpha value is -1.20. The summed E-state index contributed by atoms with van der Waals surface area (Å²) in [5.41, 5.74) is 2.03. The number of H-pyrrole nitrogens is 1. The van der Waals surface area contributed by atoms with Crippen LogP contribution in [-0.2, 0) is 0 Å². The molecule has 4 nitrogen and oxygen atoms in total. The largest absolute Gasteiger partial charge is 0.494 e. The molecule has 2 N–H and O–H groups in total. The van der Waals surface area contributed by atoms with Crippen LogP contribution in [0.3, 0.4) is 0 Å². The van der Waals surface area contributed by atoms with E-state index in [2.05, 4.69) is 22.2 Å². The molecule has 0 aliphatic rings. The second kappa shape index (κ2) is 7.55. The molecule has 0 aliphatic heterocycles. The van der Waals surface area contributed by atoms with Gasteiger partial charge in [0.2, 0.25) is 0 Å². The Morgan fingerprint density at radius 3 is 2.95 bits per heavy atom. The first-order valence-corrected chi connectivity index (χ1v) is 8.18. The average Bonchev–Trinajstić information content (AvgIpc) is 2.86. The van der Waals surface area contributed by atoms with E-state index in [1.807, 2.05) is 32.2 Å². The van der Waals surface area contributed by atoms with Gasteiger partial charge in [-0.05, 0) is 32.5 Å². The molecule has 1 aromatic carbocycles. The van der Waals surface area contributed by atoms with Crippen molar-refractivity contribution >= 4 is 22.8 Å². The molecule has 5 heteroatoms. The van der Waals surface area contributed by atoms with Gasteiger partial charge < -0.3 is 15.0 Å². The molecule has 0 radical (unpaired) electrons. The van der Waals surface area contributed by atoms with E-state index in [-0.39, 0.29) is 0 Å². The maximum atomic E-state index is 5.51. The van der Waals surface area contributed by atoms with Crippen LogP contribution in [0, 0.1) is 0 Å². The molecule has 20 heavy (non-hydrogen) atoms. The molecular weight excluding hydrogens is 270 g/mol. The predicted octanol–water partition coefficient (Wildman–Crippen LogP) is 3.44. The van der Waals surface area contributed by atoms with Crippen molar-refractivity contribution in [2.45, 2.75) is 37.9 Å². The number of aromatic nitrogens is 2. The number of thioether (sulfide) groups is 1. The van der Waals surface area contributed by atoms with Crippen LogP contribution < -0.4 is 10.1 Å². The van der Waals surface area contributed by atoms with E-state index in [1.165, 1.54) is 12.8 Å². The van der Waals surface area contributed by atoms with Gasteiger partial charge in [0.25, 0.3) is 0 Å². The normalized spacial score (nSPS) is 12.8. The van der Waals surface area contributed by atoms with E-state index >= 15 is 0 Å². The topological polar surface area (TPSA) is 49.9 Å². The van der Waals surface area contributed by atoms with Gasteiger partial charge in [-0.1, -0.05) is 25.1 Å². The Balaban J connectivity index is 2.03. The van der Waals surface area contributed by atoms with Gasteiger partial charge in [-0.3, -0.25) is 0 Å². The summed E-state index contributed by atoms with van der Waals surface area (Å²) in [7, 11) is 2.02. The van der Waals surface area contributed by atoms with Gasteiger partial charge in [-0.2, -0.15) is 0 Å². The van der Waals surface area contributed by atoms with Crippen molar-refractivity contribution < 1.29 is 4.74 Å². The van der Waals surface area contributed by atoms with Gasteiger partial charge in [0.15, 0.2) is 5.16 Å². The van der Waals surface area contributed by atoms with Gasteiger partial charge >= 0.3 is 0 Å². The molecule has 2 aromatic rings. The van der Waals surface area contributed by atoms with Gasteiger partial charge in [-0.25, -0.2) is 4.98 Å². The highest BCUT2D eigenvalue weighted by atomic mass is 32.2. The van der Waals surface area contributed by atoms with Crippen LogP contribution in [-0.4, -0.2) is 35.4 Å². The minimum absolute atomic E-state index is 0.539. The number of rotatable bonds is 8. The monoisotopic (exact) mass is 293 g/mol. The molecule has 1 atom stereocenters. The minimum Gasteiger partial charge on any atom is -0.494 e. The second-order valence-electron chi connectivity index (χ2n) is 4.74. The van der Waals surface area contributed by atoms with Crippen LogP contribution >= 0.6 is 11.8 Å². The first-order chi connectivity index (χ1) is 9.76. The molecular formula is C15H23N3OS. The third kappa shape index (κ3) is 3.90. The fourth-order valence-electron chi connectivity index (χ4n) is 2.13. The summed E-state index contributed by atoms with van der Waals surface area (Å²) in [4.78, 5) is 7.96. The molecule has 2 rings (SSSR count). The number of nitrogens with one attached hydrogen (secondary N) is 2. The zero-order valence-electron chi connectivity index (χ0n) is 12.4. The number of aromatic amines is 1. The Kier molecular flexibility index (Phi) is 5.73. The second-order valence-corrected chi connectivity index (χ2v) is 5.75. The molecule has 0 amide bonds. The smallest absolute Gasteiger partial charge is 0.166 e. The fraction of sp³-hybridized carbons (Fsp3) is 0.533. The van der Waals surface area contributed by atoms with Crippen molar-refractivity contribution in [2.24, 2.45) is 0 Å². The number of hydrogen-bond acceptors (Lipinski definition) is 4. The SMILES string of the molecule is CCCC(CSc1nc2ccc(OCC)cc2[nH]1)NC. The van der Waals surface area contributed by atoms with Crippen LogP contribution in [0.5, 0.6) is 5.75 Å². The van der Waals surface area contributed by atoms with E-state index < -0.39 is 0 Å². The first kappa shape index (κ1) is 15.2. The lowest BCUT2D eigenvalue weighted by molar-refractivity contribution is 0.340. The third-order valence-electron chi connectivity index (χ3n) is 3.21. The molecule has 0 saturated carbocycles. The predicted molar refractivity (Wildman–Crippen MR) is 85.7 cm³/mol. The van der Waals surface area contributed by atoms with E-state index in [0.29, 0.717) is 12.6 Å². The fourth-order valence-corrected chi connectivity index (χ4v) is 3.17. The summed E-state index contributed by atoms with van der Waals surface area (Å²) in [6.07, 6.45) is 2.39. The molecule has 0 saturated heterocycles. The van der Waals surface area contributed by atoms with Crippen LogP contribution in [0.1, 0.15) is 26.7 Å². The number of hydrogen-bond donors (Lipinski definition) is 2. The lowest BCUT2D eigenvalue weighted by Crippen LogP contribution is -2.27. The maximum absolute atomic E-state index is 5.51. The first-order valence-electron chi connectivity index (χ1n) is 7.19. The maximum Gasteiger partial charge on any atom is 0.166 e. The highest BCUT2D eigenvalue weighted by molar-refractivity contribution is 7.99. The van der Waals surface area contributed by atoms with Crippen molar-refractivity contribution in [3.8, 4) is 5.75 Å². The van der Waals surface area contributed by atoms with Crippen molar-refractivity contribution in [3.05, 3.63) is 18.2 Å². The summed E-state index contributed by atoms with van der Waals surface area (Å²) in [5.74, 6) is 1.92. The summed E-state index contributed by atoms with van der Waals surface area (Å²) in [5, 5.41) is 4.33. The van der Waals surface area contributed by atoms with Crippen molar-refractivity contribution in [3.63, 3.8) is 0 Å². The van der Waals surface area contributed by atoms with E-state index in [0.717, 1.165) is 27.7 Å². The lowest BCUT2D eigenvalue weighted by atomic mass is 10.2. The van der Waals surface area contributed by atoms with E-state index in [9.17, 15) is 0 Å². The zero-order valence-corrected chi connectivity index (χ0v) is 13.2. The van der Waals surface area contributed by atoms with E-state index in [4.69, 9.17) is 4.74 Å². The number of nitrogens with zero attached hydrogens (tertiary/aromatic N) is 1. The molecule has 1 unspecified atom stereocenters. The van der Waals surface area contributed by atoms with Crippen molar-refractivity contribution in [2.75, 3.05) is 19.4 Å². The van der Waals surface area contributed by atoms with Crippen LogP contribution in [0.2, 0.25) is 0 Å². The summed E-state index contributed by atoms with van der Waals surface area (Å²) in [6, 6.07) is 6.52. The van der Waals surface area contributed by atoms with Gasteiger partial charge in [-0.15, -0.1) is 0 Å². The Morgan fingerprint density at radius 1 is 1.40 bits per heavy atom. The number of benzene rings is 1. The van der Waals surface area contributed by atoms with Gasteiger partial charge in [0.1, 0.15) is 5.75 Å². The molecule has 1 heterocycles. The number of fused-ring (bicyclic) bond motifs is 1. The Morgan fingerprint density at radius 2 is 2.25 bits per heavy atom. The number of imidazole rings is 1. The average molecular weight is 293 g/mol. The Labute approximate surface area is 124 Å². The van der Waals surface area contributed by atoms with Crippen LogP contribution in [0.4, 0.5) is 0 Å². The third-order valence-corrected chi connectivity index (χ3v) is 4.25. The molecule has 0 bridgehead atoms. The quantitative estimate of drug-likeness (QED) is 0.732. The van der Waals surface area contributed by atoms with Crippen molar-refractivity contribution in [1.29, 1.82) is 0 Å². The summed E-state index contributed by atoms with van der Waals surface area (Å²) in [6.45, 7) is 4.89. The highest BCUT2D eigenvalue weighted by Gasteiger charge is 2.09. The van der Waals surface area contributed by atoms with Crippen LogP contribution in [0.15, 0.2) is 23.4 Å². The summed E-state index contributed by atoms with van der Waals surface area (Å²) < 4.78 is 5.51. The van der Waals surface area contributed by atoms with Gasteiger partial charge in [0.05, 0.1) is 17.6 Å². The van der Waals surface area contributed by atoms with Crippen LogP contribution in [0.25, 0.3) is 11.0 Å². The highest BCUT2D eigenvalue weighted by Crippen LogP contribution is 2.24. The molecule has 1 aromatic heterocycles. The molecule has 0 spiro atoms. The summed E-state index contributed by atoms with van der Waals surface area (Å²) >= 11 is 1.77. The zero-order chi connectivity index (χ0) is 14.4. The standard InChI is InChI=1S/C15H23N3OS/c1-4-6-11(16-3)10-20-15-17-13-8-7-12(19-5-2)9-14(13)18-15/h7-9,11,16H,4-6,10H2,1-3H3,(H,17,18). The lowest BCUT2D eigenvalue weighted by Gasteiger charge is -2.13. The van der Waals surface area contributed by atoms with Crippen molar-refractivity contribution in [1.82, 2.24) is 15.3 Å². The molecule has 0 aliphatic carbocycles. The van der Waals surface area contributed by atoms with E-state index in [1.54, 1.807) is 11.8 Å². The molecule has 0 fully saturated rings. The Bertz CT molecular complexity index is 541.